The van der Waals surface area contributed by atoms with Crippen molar-refractivity contribution < 1.29 is 4.42 Å². The Morgan fingerprint density at radius 1 is 1.38 bits per heavy atom. The van der Waals surface area contributed by atoms with Crippen LogP contribution in [0.3, 0.4) is 0 Å². The molecule has 0 aromatic carbocycles. The number of piperidine rings is 1. The van der Waals surface area contributed by atoms with E-state index in [1.54, 1.807) is 12.7 Å². The van der Waals surface area contributed by atoms with Gasteiger partial charge in [0.15, 0.2) is 5.76 Å². The standard InChI is InChI=1S/C17H22N6O/c1-13-4-5-16(24-13)17-15(7-19-21-17)10-22-6-2-3-14(8-22)9-23-12-18-11-20-23/h4-5,7,11-12,14H,2-3,6,8-10H2,1H3,(H,19,21). The zero-order valence-corrected chi connectivity index (χ0v) is 13.9. The molecule has 1 N–H and O–H groups in total. The van der Waals surface area contributed by atoms with Crippen LogP contribution in [0.2, 0.25) is 0 Å². The average molecular weight is 326 g/mol. The fraction of sp³-hybridized carbons (Fsp3) is 0.471. The topological polar surface area (TPSA) is 75.8 Å². The fourth-order valence-corrected chi connectivity index (χ4v) is 3.49. The van der Waals surface area contributed by atoms with E-state index in [-0.39, 0.29) is 0 Å². The summed E-state index contributed by atoms with van der Waals surface area (Å²) in [5.41, 5.74) is 2.17. The van der Waals surface area contributed by atoms with Crippen LogP contribution in [0.1, 0.15) is 24.2 Å². The highest BCUT2D eigenvalue weighted by atomic mass is 16.3. The molecule has 7 nitrogen and oxygen atoms in total. The van der Waals surface area contributed by atoms with E-state index >= 15 is 0 Å². The minimum absolute atomic E-state index is 0.613. The lowest BCUT2D eigenvalue weighted by molar-refractivity contribution is 0.153. The lowest BCUT2D eigenvalue weighted by Gasteiger charge is -2.32. The van der Waals surface area contributed by atoms with Crippen LogP contribution in [0.15, 0.2) is 35.4 Å². The Labute approximate surface area is 140 Å². The van der Waals surface area contributed by atoms with Crippen molar-refractivity contribution in [2.24, 2.45) is 5.92 Å². The van der Waals surface area contributed by atoms with Gasteiger partial charge in [-0.3, -0.25) is 14.7 Å². The van der Waals surface area contributed by atoms with Crippen LogP contribution in [0.5, 0.6) is 0 Å². The van der Waals surface area contributed by atoms with Crippen LogP contribution in [-0.2, 0) is 13.1 Å². The molecule has 3 aromatic heterocycles. The molecule has 4 heterocycles. The molecular weight excluding hydrogens is 304 g/mol. The summed E-state index contributed by atoms with van der Waals surface area (Å²) in [6.07, 6.45) is 7.77. The molecule has 126 valence electrons. The molecule has 0 amide bonds. The van der Waals surface area contributed by atoms with Crippen molar-refractivity contribution in [2.75, 3.05) is 13.1 Å². The first kappa shape index (κ1) is 15.1. The Kier molecular flexibility index (Phi) is 4.17. The van der Waals surface area contributed by atoms with Gasteiger partial charge in [0.2, 0.25) is 0 Å². The molecular formula is C17H22N6O. The molecule has 24 heavy (non-hydrogen) atoms. The first-order valence-corrected chi connectivity index (χ1v) is 8.42. The highest BCUT2D eigenvalue weighted by Gasteiger charge is 2.22. The highest BCUT2D eigenvalue weighted by molar-refractivity contribution is 5.56. The zero-order chi connectivity index (χ0) is 16.4. The van der Waals surface area contributed by atoms with Gasteiger partial charge in [0.1, 0.15) is 24.1 Å². The highest BCUT2D eigenvalue weighted by Crippen LogP contribution is 2.26. The number of hydrogen-bond acceptors (Lipinski definition) is 5. The van der Waals surface area contributed by atoms with Gasteiger partial charge >= 0.3 is 0 Å². The van der Waals surface area contributed by atoms with E-state index in [4.69, 9.17) is 4.42 Å². The first-order chi connectivity index (χ1) is 11.8. The van der Waals surface area contributed by atoms with Gasteiger partial charge < -0.3 is 4.42 Å². The molecule has 0 aliphatic carbocycles. The smallest absolute Gasteiger partial charge is 0.152 e. The number of furan rings is 1. The molecule has 3 aromatic rings. The van der Waals surface area contributed by atoms with Crippen LogP contribution < -0.4 is 0 Å². The van der Waals surface area contributed by atoms with Crippen LogP contribution in [0.25, 0.3) is 11.5 Å². The van der Waals surface area contributed by atoms with Gasteiger partial charge in [-0.05, 0) is 44.4 Å². The molecule has 7 heteroatoms. The van der Waals surface area contributed by atoms with Gasteiger partial charge in [0.25, 0.3) is 0 Å². The van der Waals surface area contributed by atoms with Crippen molar-refractivity contribution in [1.29, 1.82) is 0 Å². The Morgan fingerprint density at radius 3 is 3.12 bits per heavy atom. The lowest BCUT2D eigenvalue weighted by Crippen LogP contribution is -2.36. The van der Waals surface area contributed by atoms with E-state index in [9.17, 15) is 0 Å². The summed E-state index contributed by atoms with van der Waals surface area (Å²) in [6.45, 7) is 5.97. The van der Waals surface area contributed by atoms with Gasteiger partial charge in [-0.25, -0.2) is 4.98 Å². The zero-order valence-electron chi connectivity index (χ0n) is 13.9. The summed E-state index contributed by atoms with van der Waals surface area (Å²) in [7, 11) is 0. The summed E-state index contributed by atoms with van der Waals surface area (Å²) in [5.74, 6) is 2.38. The number of aromatic amines is 1. The van der Waals surface area contributed by atoms with Crippen LogP contribution in [-0.4, -0.2) is 43.0 Å². The third-order valence-electron chi connectivity index (χ3n) is 4.61. The number of nitrogens with one attached hydrogen (secondary N) is 1. The van der Waals surface area contributed by atoms with E-state index in [0.29, 0.717) is 5.92 Å². The normalized spacial score (nSPS) is 19.0. The number of aromatic nitrogens is 5. The summed E-state index contributed by atoms with van der Waals surface area (Å²) in [4.78, 5) is 6.53. The summed E-state index contributed by atoms with van der Waals surface area (Å²) < 4.78 is 7.67. The number of rotatable bonds is 5. The second-order valence-electron chi connectivity index (χ2n) is 6.54. The van der Waals surface area contributed by atoms with E-state index < -0.39 is 0 Å². The van der Waals surface area contributed by atoms with Crippen molar-refractivity contribution in [1.82, 2.24) is 29.9 Å². The van der Waals surface area contributed by atoms with E-state index in [2.05, 4.69) is 25.2 Å². The largest absolute Gasteiger partial charge is 0.460 e. The Balaban J connectivity index is 1.43. The number of likely N-dealkylation sites (tertiary alicyclic amines) is 1. The third kappa shape index (κ3) is 3.26. The van der Waals surface area contributed by atoms with Gasteiger partial charge in [0.05, 0.1) is 6.20 Å². The second-order valence-corrected chi connectivity index (χ2v) is 6.54. The molecule has 0 bridgehead atoms. The molecule has 1 saturated heterocycles. The predicted octanol–water partition coefficient (Wildman–Crippen LogP) is 2.48. The number of hydrogen-bond donors (Lipinski definition) is 1. The van der Waals surface area contributed by atoms with Crippen LogP contribution in [0, 0.1) is 12.8 Å². The van der Waals surface area contributed by atoms with Crippen molar-refractivity contribution in [3.05, 3.63) is 42.3 Å². The van der Waals surface area contributed by atoms with Gasteiger partial charge in [-0.1, -0.05) is 0 Å². The molecule has 1 atom stereocenters. The number of nitrogens with zero attached hydrogens (tertiary/aromatic N) is 5. The van der Waals surface area contributed by atoms with Gasteiger partial charge in [0, 0.05) is 25.2 Å². The van der Waals surface area contributed by atoms with Gasteiger partial charge in [-0.15, -0.1) is 0 Å². The average Bonchev–Trinajstić information content (AvgIpc) is 3.30. The summed E-state index contributed by atoms with van der Waals surface area (Å²) >= 11 is 0. The molecule has 4 rings (SSSR count). The molecule has 1 unspecified atom stereocenters. The molecule has 0 saturated carbocycles. The maximum atomic E-state index is 5.74. The van der Waals surface area contributed by atoms with Crippen molar-refractivity contribution >= 4 is 0 Å². The van der Waals surface area contributed by atoms with E-state index in [0.717, 1.165) is 43.4 Å². The van der Waals surface area contributed by atoms with E-state index in [1.165, 1.54) is 18.4 Å². The quantitative estimate of drug-likeness (QED) is 0.779. The molecule has 1 aliphatic heterocycles. The van der Waals surface area contributed by atoms with Crippen LogP contribution in [0.4, 0.5) is 0 Å². The molecule has 0 radical (unpaired) electrons. The Hall–Kier alpha value is -2.41. The van der Waals surface area contributed by atoms with Crippen molar-refractivity contribution in [2.45, 2.75) is 32.9 Å². The van der Waals surface area contributed by atoms with E-state index in [1.807, 2.05) is 29.9 Å². The SMILES string of the molecule is Cc1ccc(-c2[nH]ncc2CN2CCCC(Cn3cncn3)C2)o1. The number of aryl methyl sites for hydroxylation is 1. The summed E-state index contributed by atoms with van der Waals surface area (Å²) in [6, 6.07) is 3.98. The predicted molar refractivity (Wildman–Crippen MR) is 89.0 cm³/mol. The first-order valence-electron chi connectivity index (χ1n) is 8.42. The second kappa shape index (κ2) is 6.60. The Bertz CT molecular complexity index is 775. The number of H-pyrrole nitrogens is 1. The monoisotopic (exact) mass is 326 g/mol. The van der Waals surface area contributed by atoms with Gasteiger partial charge in [-0.2, -0.15) is 10.2 Å². The maximum absolute atomic E-state index is 5.74. The van der Waals surface area contributed by atoms with Crippen molar-refractivity contribution in [3.63, 3.8) is 0 Å². The van der Waals surface area contributed by atoms with Crippen molar-refractivity contribution in [3.8, 4) is 11.5 Å². The minimum atomic E-state index is 0.613. The maximum Gasteiger partial charge on any atom is 0.152 e. The molecule has 0 spiro atoms. The lowest BCUT2D eigenvalue weighted by atomic mass is 9.97. The molecule has 1 aliphatic rings. The molecule has 1 fully saturated rings. The fourth-order valence-electron chi connectivity index (χ4n) is 3.49. The summed E-state index contributed by atoms with van der Waals surface area (Å²) in [5, 5.41) is 11.5. The van der Waals surface area contributed by atoms with Crippen LogP contribution >= 0.6 is 0 Å². The Morgan fingerprint density at radius 2 is 2.33 bits per heavy atom. The third-order valence-corrected chi connectivity index (χ3v) is 4.61. The minimum Gasteiger partial charge on any atom is -0.460 e.